The summed E-state index contributed by atoms with van der Waals surface area (Å²) in [6.07, 6.45) is 0.517. The molecule has 1 unspecified atom stereocenters. The van der Waals surface area contributed by atoms with Gasteiger partial charge in [0.15, 0.2) is 0 Å². The molecule has 1 N–H and O–H groups in total. The molecule has 0 aliphatic carbocycles. The Bertz CT molecular complexity index is 617. The van der Waals surface area contributed by atoms with E-state index in [1.807, 2.05) is 74.4 Å². The maximum atomic E-state index is 11.6. The summed E-state index contributed by atoms with van der Waals surface area (Å²) in [6, 6.07) is 15.7. The second-order valence-electron chi connectivity index (χ2n) is 5.51. The first-order valence-corrected chi connectivity index (χ1v) is 7.03. The molecular formula is C18H21NO2. The number of hydrogen-bond acceptors (Lipinski definition) is 2. The van der Waals surface area contributed by atoms with Gasteiger partial charge in [0.2, 0.25) is 0 Å². The first-order valence-electron chi connectivity index (χ1n) is 7.03. The molecule has 0 radical (unpaired) electrons. The summed E-state index contributed by atoms with van der Waals surface area (Å²) in [4.78, 5) is 13.6. The van der Waals surface area contributed by atoms with Crippen LogP contribution in [0.25, 0.3) is 0 Å². The summed E-state index contributed by atoms with van der Waals surface area (Å²) < 4.78 is 0. The quantitative estimate of drug-likeness (QED) is 0.913. The molecule has 110 valence electrons. The fourth-order valence-corrected chi connectivity index (χ4v) is 2.41. The number of aryl methyl sites for hydroxylation is 1. The number of rotatable bonds is 5. The van der Waals surface area contributed by atoms with E-state index in [0.717, 1.165) is 22.4 Å². The van der Waals surface area contributed by atoms with Gasteiger partial charge in [-0.15, -0.1) is 0 Å². The maximum Gasteiger partial charge on any atom is 0.311 e. The van der Waals surface area contributed by atoms with E-state index in [0.29, 0.717) is 6.42 Å². The van der Waals surface area contributed by atoms with Crippen LogP contribution in [0.4, 0.5) is 5.69 Å². The van der Waals surface area contributed by atoms with Crippen LogP contribution in [0.5, 0.6) is 0 Å². The van der Waals surface area contributed by atoms with Crippen molar-refractivity contribution in [2.45, 2.75) is 19.3 Å². The molecule has 2 aromatic rings. The monoisotopic (exact) mass is 283 g/mol. The highest BCUT2D eigenvalue weighted by Gasteiger charge is 2.21. The van der Waals surface area contributed by atoms with E-state index in [4.69, 9.17) is 0 Å². The number of hydrogen-bond donors (Lipinski definition) is 1. The van der Waals surface area contributed by atoms with Gasteiger partial charge in [0.1, 0.15) is 0 Å². The zero-order chi connectivity index (χ0) is 15.4. The van der Waals surface area contributed by atoms with E-state index >= 15 is 0 Å². The van der Waals surface area contributed by atoms with E-state index < -0.39 is 11.9 Å². The Balaban J connectivity index is 2.27. The molecule has 0 aliphatic rings. The van der Waals surface area contributed by atoms with Gasteiger partial charge in [0.25, 0.3) is 0 Å². The van der Waals surface area contributed by atoms with Crippen LogP contribution in [-0.2, 0) is 11.2 Å². The molecule has 0 fully saturated rings. The first-order chi connectivity index (χ1) is 9.99. The zero-order valence-electron chi connectivity index (χ0n) is 12.7. The largest absolute Gasteiger partial charge is 0.481 e. The van der Waals surface area contributed by atoms with Gasteiger partial charge in [0.05, 0.1) is 5.92 Å². The third-order valence-electron chi connectivity index (χ3n) is 3.80. The maximum absolute atomic E-state index is 11.6. The third-order valence-corrected chi connectivity index (χ3v) is 3.80. The van der Waals surface area contributed by atoms with Crippen LogP contribution in [0.1, 0.15) is 22.6 Å². The van der Waals surface area contributed by atoms with E-state index in [1.54, 1.807) is 0 Å². The number of nitrogens with zero attached hydrogens (tertiary/aromatic N) is 1. The second-order valence-corrected chi connectivity index (χ2v) is 5.51. The van der Waals surface area contributed by atoms with Crippen molar-refractivity contribution in [3.05, 3.63) is 65.2 Å². The molecule has 2 rings (SSSR count). The summed E-state index contributed by atoms with van der Waals surface area (Å²) in [6.45, 7) is 2.02. The third kappa shape index (κ3) is 3.63. The number of carboxylic acid groups (broad SMARTS) is 1. The highest BCUT2D eigenvalue weighted by atomic mass is 16.4. The molecule has 0 aliphatic heterocycles. The molecule has 1 atom stereocenters. The van der Waals surface area contributed by atoms with Crippen LogP contribution in [0.15, 0.2) is 48.5 Å². The summed E-state index contributed by atoms with van der Waals surface area (Å²) in [7, 11) is 3.94. The van der Waals surface area contributed by atoms with Crippen molar-refractivity contribution in [3.63, 3.8) is 0 Å². The average molecular weight is 283 g/mol. The normalized spacial score (nSPS) is 12.0. The van der Waals surface area contributed by atoms with Crippen LogP contribution in [0, 0.1) is 6.92 Å². The Morgan fingerprint density at radius 2 is 1.71 bits per heavy atom. The molecule has 3 heteroatoms. The van der Waals surface area contributed by atoms with Gasteiger partial charge in [-0.25, -0.2) is 0 Å². The van der Waals surface area contributed by atoms with Crippen LogP contribution in [-0.4, -0.2) is 25.2 Å². The number of carboxylic acids is 1. The number of anilines is 1. The topological polar surface area (TPSA) is 40.5 Å². The van der Waals surface area contributed by atoms with Crippen molar-refractivity contribution in [1.82, 2.24) is 0 Å². The lowest BCUT2D eigenvalue weighted by atomic mass is 9.90. The van der Waals surface area contributed by atoms with Gasteiger partial charge in [-0.3, -0.25) is 4.79 Å². The average Bonchev–Trinajstić information content (AvgIpc) is 2.46. The van der Waals surface area contributed by atoms with Crippen LogP contribution in [0.2, 0.25) is 0 Å². The lowest BCUT2D eigenvalue weighted by Gasteiger charge is -2.17. The molecule has 0 heterocycles. The highest BCUT2D eigenvalue weighted by Crippen LogP contribution is 2.25. The summed E-state index contributed by atoms with van der Waals surface area (Å²) in [5, 5.41) is 9.55. The van der Waals surface area contributed by atoms with Crippen LogP contribution < -0.4 is 4.90 Å². The predicted molar refractivity (Wildman–Crippen MR) is 86.0 cm³/mol. The van der Waals surface area contributed by atoms with Crippen molar-refractivity contribution in [3.8, 4) is 0 Å². The molecule has 0 aromatic heterocycles. The summed E-state index contributed by atoms with van der Waals surface area (Å²) in [5.41, 5.74) is 4.13. The zero-order valence-corrected chi connectivity index (χ0v) is 12.7. The van der Waals surface area contributed by atoms with E-state index in [-0.39, 0.29) is 0 Å². The smallest absolute Gasteiger partial charge is 0.311 e. The number of benzene rings is 2. The van der Waals surface area contributed by atoms with Crippen molar-refractivity contribution in [2.24, 2.45) is 0 Å². The van der Waals surface area contributed by atoms with Crippen LogP contribution >= 0.6 is 0 Å². The Morgan fingerprint density at radius 1 is 1.10 bits per heavy atom. The van der Waals surface area contributed by atoms with Gasteiger partial charge < -0.3 is 10.0 Å². The fraction of sp³-hybridized carbons (Fsp3) is 0.278. The van der Waals surface area contributed by atoms with Crippen molar-refractivity contribution in [2.75, 3.05) is 19.0 Å². The van der Waals surface area contributed by atoms with Gasteiger partial charge in [-0.2, -0.15) is 0 Å². The van der Waals surface area contributed by atoms with Gasteiger partial charge in [0, 0.05) is 19.8 Å². The molecule has 21 heavy (non-hydrogen) atoms. The lowest BCUT2D eigenvalue weighted by molar-refractivity contribution is -0.138. The predicted octanol–water partition coefficient (Wildman–Crippen LogP) is 3.47. The lowest BCUT2D eigenvalue weighted by Crippen LogP contribution is -2.15. The minimum absolute atomic E-state index is 0.512. The molecule has 3 nitrogen and oxygen atoms in total. The molecule has 0 bridgehead atoms. The van der Waals surface area contributed by atoms with Gasteiger partial charge >= 0.3 is 5.97 Å². The van der Waals surface area contributed by atoms with Gasteiger partial charge in [-0.05, 0) is 42.2 Å². The van der Waals surface area contributed by atoms with Crippen molar-refractivity contribution >= 4 is 11.7 Å². The Hall–Kier alpha value is -2.29. The number of aliphatic carboxylic acids is 1. The first kappa shape index (κ1) is 15.1. The number of carbonyl (C=O) groups is 1. The van der Waals surface area contributed by atoms with Crippen LogP contribution in [0.3, 0.4) is 0 Å². The molecule has 2 aromatic carbocycles. The molecular weight excluding hydrogens is 262 g/mol. The Kier molecular flexibility index (Phi) is 4.63. The standard InChI is InChI=1S/C18H21NO2/c1-13-6-4-5-7-15(13)12-17(18(20)21)14-8-10-16(11-9-14)19(2)3/h4-11,17H,12H2,1-3H3,(H,20,21). The van der Waals surface area contributed by atoms with E-state index in [1.165, 1.54) is 0 Å². The molecule has 0 amide bonds. The van der Waals surface area contributed by atoms with Crippen molar-refractivity contribution in [1.29, 1.82) is 0 Å². The SMILES string of the molecule is Cc1ccccc1CC(C(=O)O)c1ccc(N(C)C)cc1. The van der Waals surface area contributed by atoms with E-state index in [9.17, 15) is 9.90 Å². The Labute approximate surface area is 125 Å². The fourth-order valence-electron chi connectivity index (χ4n) is 2.41. The minimum atomic E-state index is -0.782. The summed E-state index contributed by atoms with van der Waals surface area (Å²) in [5.74, 6) is -1.29. The minimum Gasteiger partial charge on any atom is -0.481 e. The summed E-state index contributed by atoms with van der Waals surface area (Å²) >= 11 is 0. The van der Waals surface area contributed by atoms with Crippen molar-refractivity contribution < 1.29 is 9.90 Å². The van der Waals surface area contributed by atoms with Gasteiger partial charge in [-0.1, -0.05) is 36.4 Å². The Morgan fingerprint density at radius 3 is 2.24 bits per heavy atom. The second kappa shape index (κ2) is 6.44. The molecule has 0 saturated heterocycles. The van der Waals surface area contributed by atoms with E-state index in [2.05, 4.69) is 0 Å². The molecule has 0 spiro atoms. The molecule has 0 saturated carbocycles. The highest BCUT2D eigenvalue weighted by molar-refractivity contribution is 5.77.